The lowest BCUT2D eigenvalue weighted by molar-refractivity contribution is 0.0996. The van der Waals surface area contributed by atoms with E-state index in [1.807, 2.05) is 55.5 Å². The lowest BCUT2D eigenvalue weighted by atomic mass is 10.1. The number of hydrogen-bond acceptors (Lipinski definition) is 7. The minimum absolute atomic E-state index is 0.189. The van der Waals surface area contributed by atoms with E-state index in [0.29, 0.717) is 46.8 Å². The second-order valence-electron chi connectivity index (χ2n) is 7.88. The summed E-state index contributed by atoms with van der Waals surface area (Å²) in [5.41, 5.74) is 2.57. The highest BCUT2D eigenvalue weighted by molar-refractivity contribution is 6.02. The van der Waals surface area contributed by atoms with Crippen molar-refractivity contribution in [1.82, 2.24) is 24.7 Å². The molecule has 0 amide bonds. The van der Waals surface area contributed by atoms with Gasteiger partial charge >= 0.3 is 0 Å². The van der Waals surface area contributed by atoms with Crippen molar-refractivity contribution in [3.05, 3.63) is 76.8 Å². The molecule has 1 aliphatic heterocycles. The van der Waals surface area contributed by atoms with Crippen LogP contribution in [0.3, 0.4) is 0 Å². The SMILES string of the molecule is Cc1ccccc1-n1c(=O)c2c[nH]nc2c2cnc(NC[C@H]3COc4ccccc4O3)nc21. The maximum Gasteiger partial charge on any atom is 0.267 e. The molecule has 0 saturated heterocycles. The molecule has 9 heteroatoms. The Morgan fingerprint density at radius 3 is 2.82 bits per heavy atom. The number of para-hydroxylation sites is 3. The van der Waals surface area contributed by atoms with Crippen LogP contribution in [0.4, 0.5) is 5.95 Å². The molecule has 3 aromatic heterocycles. The molecule has 6 rings (SSSR count). The molecule has 9 nitrogen and oxygen atoms in total. The number of ether oxygens (including phenoxy) is 2. The fourth-order valence-corrected chi connectivity index (χ4v) is 4.08. The minimum Gasteiger partial charge on any atom is -0.486 e. The van der Waals surface area contributed by atoms with Gasteiger partial charge < -0.3 is 14.8 Å². The average molecular weight is 440 g/mol. The van der Waals surface area contributed by atoms with Crippen molar-refractivity contribution in [1.29, 1.82) is 0 Å². The quantitative estimate of drug-likeness (QED) is 0.442. The molecule has 2 N–H and O–H groups in total. The normalized spacial score (nSPS) is 15.1. The van der Waals surface area contributed by atoms with Gasteiger partial charge in [-0.3, -0.25) is 14.5 Å². The summed E-state index contributed by atoms with van der Waals surface area (Å²) in [5, 5.41) is 11.4. The van der Waals surface area contributed by atoms with Crippen LogP contribution in [0, 0.1) is 6.92 Å². The summed E-state index contributed by atoms with van der Waals surface area (Å²) in [4.78, 5) is 22.5. The van der Waals surface area contributed by atoms with E-state index in [1.165, 1.54) is 0 Å². The molecular weight excluding hydrogens is 420 g/mol. The van der Waals surface area contributed by atoms with Gasteiger partial charge in [-0.2, -0.15) is 10.1 Å². The topological polar surface area (TPSA) is 107 Å². The number of fused-ring (bicyclic) bond motifs is 4. The first-order valence-corrected chi connectivity index (χ1v) is 10.6. The van der Waals surface area contributed by atoms with E-state index in [9.17, 15) is 4.79 Å². The maximum absolute atomic E-state index is 13.4. The van der Waals surface area contributed by atoms with Crippen LogP contribution >= 0.6 is 0 Å². The number of aryl methyl sites for hydroxylation is 1. The third-order valence-electron chi connectivity index (χ3n) is 5.72. The number of nitrogens with one attached hydrogen (secondary N) is 2. The number of H-pyrrole nitrogens is 1. The van der Waals surface area contributed by atoms with Crippen LogP contribution in [0.15, 0.2) is 65.7 Å². The molecule has 0 fully saturated rings. The van der Waals surface area contributed by atoms with Crippen LogP contribution in [-0.2, 0) is 0 Å². The Bertz CT molecular complexity index is 1560. The van der Waals surface area contributed by atoms with E-state index >= 15 is 0 Å². The Morgan fingerprint density at radius 1 is 1.12 bits per heavy atom. The molecule has 1 aliphatic rings. The van der Waals surface area contributed by atoms with E-state index in [-0.39, 0.29) is 11.7 Å². The molecule has 0 aliphatic carbocycles. The van der Waals surface area contributed by atoms with Gasteiger partial charge in [0.2, 0.25) is 5.95 Å². The largest absolute Gasteiger partial charge is 0.486 e. The number of nitrogens with zero attached hydrogens (tertiary/aromatic N) is 4. The lowest BCUT2D eigenvalue weighted by Crippen LogP contribution is -2.35. The first-order valence-electron chi connectivity index (χ1n) is 10.6. The molecule has 0 spiro atoms. The zero-order valence-corrected chi connectivity index (χ0v) is 17.8. The summed E-state index contributed by atoms with van der Waals surface area (Å²) in [6.07, 6.45) is 3.10. The summed E-state index contributed by atoms with van der Waals surface area (Å²) in [7, 11) is 0. The molecule has 5 aromatic rings. The van der Waals surface area contributed by atoms with E-state index in [4.69, 9.17) is 14.5 Å². The zero-order valence-electron chi connectivity index (χ0n) is 17.8. The van der Waals surface area contributed by atoms with Gasteiger partial charge in [0.05, 0.1) is 23.0 Å². The van der Waals surface area contributed by atoms with Gasteiger partial charge in [-0.1, -0.05) is 30.3 Å². The van der Waals surface area contributed by atoms with E-state index in [2.05, 4.69) is 20.5 Å². The van der Waals surface area contributed by atoms with Crippen molar-refractivity contribution in [2.24, 2.45) is 0 Å². The number of benzene rings is 2. The zero-order chi connectivity index (χ0) is 22.4. The molecule has 2 aromatic carbocycles. The van der Waals surface area contributed by atoms with Gasteiger partial charge in [-0.15, -0.1) is 0 Å². The number of rotatable bonds is 4. The second kappa shape index (κ2) is 7.63. The van der Waals surface area contributed by atoms with E-state index in [1.54, 1.807) is 17.0 Å². The van der Waals surface area contributed by atoms with E-state index in [0.717, 1.165) is 17.0 Å². The Balaban J connectivity index is 1.39. The first-order chi connectivity index (χ1) is 16.2. The highest BCUT2D eigenvalue weighted by Gasteiger charge is 2.21. The summed E-state index contributed by atoms with van der Waals surface area (Å²) < 4.78 is 13.4. The van der Waals surface area contributed by atoms with Crippen LogP contribution < -0.4 is 20.3 Å². The Morgan fingerprint density at radius 2 is 1.94 bits per heavy atom. The maximum atomic E-state index is 13.4. The molecule has 0 bridgehead atoms. The number of aromatic amines is 1. The number of aromatic nitrogens is 5. The number of pyridine rings is 1. The summed E-state index contributed by atoms with van der Waals surface area (Å²) in [6, 6.07) is 15.3. The van der Waals surface area contributed by atoms with Gasteiger partial charge in [0, 0.05) is 12.4 Å². The molecule has 0 saturated carbocycles. The third kappa shape index (κ3) is 3.25. The molecule has 1 atom stereocenters. The van der Waals surface area contributed by atoms with Gasteiger partial charge in [0.25, 0.3) is 5.56 Å². The summed E-state index contributed by atoms with van der Waals surface area (Å²) in [6.45, 7) is 2.82. The van der Waals surface area contributed by atoms with Crippen molar-refractivity contribution in [2.45, 2.75) is 13.0 Å². The van der Waals surface area contributed by atoms with Crippen molar-refractivity contribution >= 4 is 27.9 Å². The Hall–Kier alpha value is -4.40. The Labute approximate surface area is 188 Å². The van der Waals surface area contributed by atoms with Gasteiger partial charge in [0.15, 0.2) is 17.1 Å². The van der Waals surface area contributed by atoms with Gasteiger partial charge in [-0.25, -0.2) is 4.98 Å². The van der Waals surface area contributed by atoms with Crippen LogP contribution in [-0.4, -0.2) is 44.0 Å². The second-order valence-corrected chi connectivity index (χ2v) is 7.88. The average Bonchev–Trinajstić information content (AvgIpc) is 3.34. The fourth-order valence-electron chi connectivity index (χ4n) is 4.08. The van der Waals surface area contributed by atoms with Crippen LogP contribution in [0.2, 0.25) is 0 Å². The van der Waals surface area contributed by atoms with Gasteiger partial charge in [-0.05, 0) is 30.7 Å². The van der Waals surface area contributed by atoms with Crippen molar-refractivity contribution in [2.75, 3.05) is 18.5 Å². The Kier molecular flexibility index (Phi) is 4.46. The van der Waals surface area contributed by atoms with Crippen LogP contribution in [0.1, 0.15) is 5.56 Å². The molecular formula is C24H20N6O3. The van der Waals surface area contributed by atoms with Gasteiger partial charge in [0.1, 0.15) is 18.2 Å². The highest BCUT2D eigenvalue weighted by Crippen LogP contribution is 2.31. The fraction of sp³-hybridized carbons (Fsp3) is 0.167. The minimum atomic E-state index is -0.202. The molecule has 0 unspecified atom stereocenters. The standard InChI is InChI=1S/C24H20N6O3/c1-14-6-2-3-7-18(14)30-22-16(21-17(23(30)31)12-27-29-21)11-26-24(28-22)25-10-15-13-32-19-8-4-5-9-20(19)33-15/h2-9,11-12,15H,10,13H2,1H3,(H,27,29)(H,25,26,28)/t15-/m0/s1. The lowest BCUT2D eigenvalue weighted by Gasteiger charge is -2.26. The smallest absolute Gasteiger partial charge is 0.267 e. The van der Waals surface area contributed by atoms with Crippen LogP contribution in [0.5, 0.6) is 11.5 Å². The van der Waals surface area contributed by atoms with Crippen molar-refractivity contribution < 1.29 is 9.47 Å². The molecule has 0 radical (unpaired) electrons. The number of anilines is 1. The number of hydrogen-bond donors (Lipinski definition) is 2. The summed E-state index contributed by atoms with van der Waals surface area (Å²) in [5.74, 6) is 1.84. The van der Waals surface area contributed by atoms with E-state index < -0.39 is 0 Å². The van der Waals surface area contributed by atoms with Crippen molar-refractivity contribution in [3.63, 3.8) is 0 Å². The highest BCUT2D eigenvalue weighted by atomic mass is 16.6. The molecule has 164 valence electrons. The van der Waals surface area contributed by atoms with Crippen LogP contribution in [0.25, 0.3) is 27.6 Å². The molecule has 33 heavy (non-hydrogen) atoms. The monoisotopic (exact) mass is 440 g/mol. The summed E-state index contributed by atoms with van der Waals surface area (Å²) >= 11 is 0. The van der Waals surface area contributed by atoms with Crippen molar-refractivity contribution in [3.8, 4) is 17.2 Å². The predicted molar refractivity (Wildman–Crippen MR) is 124 cm³/mol. The first kappa shape index (κ1) is 19.3. The third-order valence-corrected chi connectivity index (χ3v) is 5.72. The predicted octanol–water partition coefficient (Wildman–Crippen LogP) is 3.22. The molecule has 4 heterocycles.